The first kappa shape index (κ1) is 11.8. The van der Waals surface area contributed by atoms with Gasteiger partial charge in [-0.05, 0) is 32.3 Å². The molecule has 1 aromatic rings. The molecule has 90 valence electrons. The summed E-state index contributed by atoms with van der Waals surface area (Å²) in [6.45, 7) is 1.86. The molecule has 0 amide bonds. The van der Waals surface area contributed by atoms with Crippen molar-refractivity contribution in [2.45, 2.75) is 38.3 Å². The lowest BCUT2D eigenvalue weighted by Gasteiger charge is -2.19. The van der Waals surface area contributed by atoms with Gasteiger partial charge in [-0.1, -0.05) is 0 Å². The van der Waals surface area contributed by atoms with Crippen molar-refractivity contribution >= 4 is 5.95 Å². The molecule has 0 spiro atoms. The number of methoxy groups -OCH3 is 1. The second kappa shape index (κ2) is 5.11. The summed E-state index contributed by atoms with van der Waals surface area (Å²) in [7, 11) is 1.72. The molecule has 2 atom stereocenters. The fourth-order valence-electron chi connectivity index (χ4n) is 2.23. The Hall–Kier alpha value is -1.67. The van der Waals surface area contributed by atoms with E-state index in [0.717, 1.165) is 25.0 Å². The number of hydrogen-bond acceptors (Lipinski definition) is 5. The molecule has 1 saturated carbocycles. The molecular formula is C12H16N4O. The lowest BCUT2D eigenvalue weighted by Crippen LogP contribution is -2.30. The van der Waals surface area contributed by atoms with Gasteiger partial charge in [-0.3, -0.25) is 0 Å². The molecule has 0 aromatic carbocycles. The van der Waals surface area contributed by atoms with Crippen LogP contribution in [-0.2, 0) is 4.74 Å². The predicted molar refractivity (Wildman–Crippen MR) is 63.5 cm³/mol. The number of nitrogens with one attached hydrogen (secondary N) is 1. The molecule has 1 aliphatic carbocycles. The maximum absolute atomic E-state index is 8.85. The predicted octanol–water partition coefficient (Wildman–Crippen LogP) is 1.64. The van der Waals surface area contributed by atoms with Crippen molar-refractivity contribution in [1.82, 2.24) is 9.97 Å². The van der Waals surface area contributed by atoms with Gasteiger partial charge in [-0.2, -0.15) is 5.26 Å². The quantitative estimate of drug-likeness (QED) is 0.857. The van der Waals surface area contributed by atoms with Crippen LogP contribution >= 0.6 is 0 Å². The van der Waals surface area contributed by atoms with Crippen molar-refractivity contribution in [2.75, 3.05) is 12.4 Å². The highest BCUT2D eigenvalue weighted by Crippen LogP contribution is 2.24. The van der Waals surface area contributed by atoms with E-state index in [1.54, 1.807) is 13.2 Å². The van der Waals surface area contributed by atoms with E-state index in [0.29, 0.717) is 11.6 Å². The highest BCUT2D eigenvalue weighted by Gasteiger charge is 2.27. The number of nitriles is 1. The first-order valence-corrected chi connectivity index (χ1v) is 5.78. The SMILES string of the molecule is COC1CCCC1Nc1nc(C)cc(C#N)n1. The second-order valence-electron chi connectivity index (χ2n) is 4.29. The van der Waals surface area contributed by atoms with Crippen LogP contribution in [0.1, 0.15) is 30.7 Å². The topological polar surface area (TPSA) is 70.8 Å². The van der Waals surface area contributed by atoms with Gasteiger partial charge in [-0.15, -0.1) is 0 Å². The molecule has 0 bridgehead atoms. The van der Waals surface area contributed by atoms with Gasteiger partial charge in [-0.25, -0.2) is 9.97 Å². The van der Waals surface area contributed by atoms with E-state index in [1.165, 1.54) is 0 Å². The molecule has 0 aliphatic heterocycles. The summed E-state index contributed by atoms with van der Waals surface area (Å²) in [5.41, 5.74) is 1.19. The fraction of sp³-hybridized carbons (Fsp3) is 0.583. The zero-order valence-electron chi connectivity index (χ0n) is 10.1. The van der Waals surface area contributed by atoms with Gasteiger partial charge in [0.05, 0.1) is 12.1 Å². The first-order chi connectivity index (χ1) is 8.22. The molecule has 5 heteroatoms. The Morgan fingerprint density at radius 2 is 2.29 bits per heavy atom. The molecular weight excluding hydrogens is 216 g/mol. The van der Waals surface area contributed by atoms with Crippen LogP contribution in [0.5, 0.6) is 0 Å². The van der Waals surface area contributed by atoms with Crippen molar-refractivity contribution < 1.29 is 4.74 Å². The van der Waals surface area contributed by atoms with Gasteiger partial charge < -0.3 is 10.1 Å². The first-order valence-electron chi connectivity index (χ1n) is 5.78. The lowest BCUT2D eigenvalue weighted by molar-refractivity contribution is 0.101. The Bertz CT molecular complexity index is 441. The molecule has 17 heavy (non-hydrogen) atoms. The number of nitrogens with zero attached hydrogens (tertiary/aromatic N) is 3. The highest BCUT2D eigenvalue weighted by molar-refractivity contribution is 5.34. The zero-order chi connectivity index (χ0) is 12.3. The number of rotatable bonds is 3. The molecule has 1 fully saturated rings. The molecule has 1 N–H and O–H groups in total. The smallest absolute Gasteiger partial charge is 0.224 e. The van der Waals surface area contributed by atoms with Crippen LogP contribution < -0.4 is 5.32 Å². The Labute approximate surface area is 101 Å². The van der Waals surface area contributed by atoms with Crippen LogP contribution in [0.2, 0.25) is 0 Å². The van der Waals surface area contributed by atoms with E-state index >= 15 is 0 Å². The van der Waals surface area contributed by atoms with Crippen LogP contribution in [-0.4, -0.2) is 29.2 Å². The number of aryl methyl sites for hydroxylation is 1. The van der Waals surface area contributed by atoms with Crippen molar-refractivity contribution in [3.05, 3.63) is 17.5 Å². The minimum absolute atomic E-state index is 0.213. The standard InChI is InChI=1S/C12H16N4O/c1-8-6-9(7-13)15-12(14-8)16-10-4-3-5-11(10)17-2/h6,10-11H,3-5H2,1-2H3,(H,14,15,16). The molecule has 0 saturated heterocycles. The Balaban J connectivity index is 2.13. The number of aromatic nitrogens is 2. The van der Waals surface area contributed by atoms with Crippen LogP contribution in [0.25, 0.3) is 0 Å². The maximum atomic E-state index is 8.85. The third-order valence-electron chi connectivity index (χ3n) is 3.04. The summed E-state index contributed by atoms with van der Waals surface area (Å²) < 4.78 is 5.40. The van der Waals surface area contributed by atoms with E-state index in [9.17, 15) is 0 Å². The summed E-state index contributed by atoms with van der Waals surface area (Å²) in [5, 5.41) is 12.1. The van der Waals surface area contributed by atoms with Crippen LogP contribution in [0.4, 0.5) is 5.95 Å². The largest absolute Gasteiger partial charge is 0.379 e. The van der Waals surface area contributed by atoms with Gasteiger partial charge >= 0.3 is 0 Å². The highest BCUT2D eigenvalue weighted by atomic mass is 16.5. The van der Waals surface area contributed by atoms with E-state index in [4.69, 9.17) is 10.00 Å². The van der Waals surface area contributed by atoms with Crippen molar-refractivity contribution in [3.63, 3.8) is 0 Å². The van der Waals surface area contributed by atoms with E-state index < -0.39 is 0 Å². The van der Waals surface area contributed by atoms with E-state index in [2.05, 4.69) is 15.3 Å². The lowest BCUT2D eigenvalue weighted by atomic mass is 10.2. The number of hydrogen-bond donors (Lipinski definition) is 1. The molecule has 0 radical (unpaired) electrons. The molecule has 1 heterocycles. The van der Waals surface area contributed by atoms with E-state index in [-0.39, 0.29) is 12.1 Å². The zero-order valence-corrected chi connectivity index (χ0v) is 10.1. The number of anilines is 1. The molecule has 2 unspecified atom stereocenters. The maximum Gasteiger partial charge on any atom is 0.224 e. The Kier molecular flexibility index (Phi) is 3.55. The summed E-state index contributed by atoms with van der Waals surface area (Å²) in [4.78, 5) is 8.43. The summed E-state index contributed by atoms with van der Waals surface area (Å²) in [6.07, 6.45) is 3.47. The van der Waals surface area contributed by atoms with E-state index in [1.807, 2.05) is 13.0 Å². The van der Waals surface area contributed by atoms with Gasteiger partial charge in [0.25, 0.3) is 0 Å². The average molecular weight is 232 g/mol. The van der Waals surface area contributed by atoms with Crippen LogP contribution in [0, 0.1) is 18.3 Å². The molecule has 1 aromatic heterocycles. The Morgan fingerprint density at radius 3 is 3.00 bits per heavy atom. The van der Waals surface area contributed by atoms with Crippen LogP contribution in [0.15, 0.2) is 6.07 Å². The monoisotopic (exact) mass is 232 g/mol. The average Bonchev–Trinajstić information content (AvgIpc) is 2.75. The van der Waals surface area contributed by atoms with Gasteiger partial charge in [0.2, 0.25) is 5.95 Å². The third-order valence-corrected chi connectivity index (χ3v) is 3.04. The fourth-order valence-corrected chi connectivity index (χ4v) is 2.23. The molecule has 1 aliphatic rings. The summed E-state index contributed by atoms with van der Waals surface area (Å²) >= 11 is 0. The minimum atomic E-state index is 0.213. The van der Waals surface area contributed by atoms with Crippen molar-refractivity contribution in [2.24, 2.45) is 0 Å². The van der Waals surface area contributed by atoms with Gasteiger partial charge in [0.15, 0.2) is 0 Å². The van der Waals surface area contributed by atoms with Crippen molar-refractivity contribution in [3.8, 4) is 6.07 Å². The minimum Gasteiger partial charge on any atom is -0.379 e. The summed E-state index contributed by atoms with van der Waals surface area (Å²) in [6, 6.07) is 3.95. The molecule has 5 nitrogen and oxygen atoms in total. The Morgan fingerprint density at radius 1 is 1.47 bits per heavy atom. The van der Waals surface area contributed by atoms with Gasteiger partial charge in [0.1, 0.15) is 11.8 Å². The summed E-state index contributed by atoms with van der Waals surface area (Å²) in [5.74, 6) is 0.524. The molecule has 2 rings (SSSR count). The second-order valence-corrected chi connectivity index (χ2v) is 4.29. The third kappa shape index (κ3) is 2.71. The van der Waals surface area contributed by atoms with Crippen molar-refractivity contribution in [1.29, 1.82) is 5.26 Å². The number of ether oxygens (including phenoxy) is 1. The normalized spacial score (nSPS) is 23.4. The van der Waals surface area contributed by atoms with Gasteiger partial charge in [0, 0.05) is 12.8 Å². The van der Waals surface area contributed by atoms with Crippen LogP contribution in [0.3, 0.4) is 0 Å².